The van der Waals surface area contributed by atoms with Crippen molar-refractivity contribution >= 4 is 21.4 Å². The van der Waals surface area contributed by atoms with Crippen molar-refractivity contribution < 1.29 is 13.5 Å². The van der Waals surface area contributed by atoms with Gasteiger partial charge in [0.25, 0.3) is 0 Å². The lowest BCUT2D eigenvalue weighted by atomic mass is 10.3. The third-order valence-electron chi connectivity index (χ3n) is 2.28. The van der Waals surface area contributed by atoms with E-state index in [1.165, 1.54) is 4.68 Å². The van der Waals surface area contributed by atoms with Crippen LogP contribution in [-0.2, 0) is 9.84 Å². The zero-order valence-electron chi connectivity index (χ0n) is 7.22. The molecule has 2 rings (SSSR count). The molecule has 14 heavy (non-hydrogen) atoms. The van der Waals surface area contributed by atoms with Gasteiger partial charge in [-0.05, 0) is 12.8 Å². The Bertz CT molecular complexity index is 454. The molecule has 1 fully saturated rings. The molecule has 0 saturated carbocycles. The van der Waals surface area contributed by atoms with Gasteiger partial charge in [-0.2, -0.15) is 5.10 Å². The highest BCUT2D eigenvalue weighted by molar-refractivity contribution is 7.91. The van der Waals surface area contributed by atoms with Gasteiger partial charge in [0.1, 0.15) is 0 Å². The van der Waals surface area contributed by atoms with E-state index in [2.05, 4.69) is 5.10 Å². The molecule has 7 heteroatoms. The van der Waals surface area contributed by atoms with Crippen molar-refractivity contribution in [3.8, 4) is 5.75 Å². The van der Waals surface area contributed by atoms with Crippen LogP contribution < -0.4 is 0 Å². The Labute approximate surface area is 86.2 Å². The standard InChI is InChI=1S/C7H9ClN2O3S/c8-7-5(11)4-9-10(7)6-2-1-3-14(6,12)13/h4,6,11H,1-3H2. The predicted octanol–water partition coefficient (Wildman–Crippen LogP) is 0.949. The van der Waals surface area contributed by atoms with Gasteiger partial charge in [0.2, 0.25) is 0 Å². The van der Waals surface area contributed by atoms with Crippen LogP contribution in [0.3, 0.4) is 0 Å². The molecule has 78 valence electrons. The van der Waals surface area contributed by atoms with Crippen LogP contribution in [0.1, 0.15) is 18.2 Å². The van der Waals surface area contributed by atoms with Crippen LogP contribution in [0.25, 0.3) is 0 Å². The molecule has 1 saturated heterocycles. The first-order chi connectivity index (χ1) is 6.52. The normalized spacial score (nSPS) is 25.4. The van der Waals surface area contributed by atoms with Gasteiger partial charge in [0.15, 0.2) is 26.1 Å². The zero-order valence-corrected chi connectivity index (χ0v) is 8.79. The van der Waals surface area contributed by atoms with Gasteiger partial charge in [-0.25, -0.2) is 13.1 Å². The fraction of sp³-hybridized carbons (Fsp3) is 0.571. The van der Waals surface area contributed by atoms with Crippen molar-refractivity contribution in [1.29, 1.82) is 0 Å². The molecule has 1 aromatic rings. The molecule has 0 bridgehead atoms. The summed E-state index contributed by atoms with van der Waals surface area (Å²) < 4.78 is 24.2. The predicted molar refractivity (Wildman–Crippen MR) is 51.0 cm³/mol. The molecule has 1 aromatic heterocycles. The number of nitrogens with zero attached hydrogens (tertiary/aromatic N) is 2. The molecule has 1 unspecified atom stereocenters. The minimum atomic E-state index is -3.14. The van der Waals surface area contributed by atoms with E-state index in [-0.39, 0.29) is 16.7 Å². The lowest BCUT2D eigenvalue weighted by Crippen LogP contribution is -2.16. The minimum absolute atomic E-state index is 0.0134. The number of aromatic nitrogens is 2. The third kappa shape index (κ3) is 1.38. The molecule has 0 aliphatic carbocycles. The van der Waals surface area contributed by atoms with Gasteiger partial charge < -0.3 is 5.11 Å². The number of hydrogen-bond donors (Lipinski definition) is 1. The van der Waals surface area contributed by atoms with Crippen LogP contribution in [0, 0.1) is 0 Å². The first-order valence-electron chi connectivity index (χ1n) is 4.16. The topological polar surface area (TPSA) is 72.2 Å². The fourth-order valence-electron chi connectivity index (χ4n) is 1.59. The molecule has 1 N–H and O–H groups in total. The van der Waals surface area contributed by atoms with Crippen molar-refractivity contribution in [2.75, 3.05) is 5.75 Å². The van der Waals surface area contributed by atoms with Crippen LogP contribution in [-0.4, -0.2) is 29.1 Å². The number of aromatic hydroxyl groups is 1. The van der Waals surface area contributed by atoms with Crippen LogP contribution in [0.15, 0.2) is 6.20 Å². The second-order valence-corrected chi connectivity index (χ2v) is 5.87. The summed E-state index contributed by atoms with van der Waals surface area (Å²) in [5.74, 6) is -0.0250. The molecule has 1 atom stereocenters. The van der Waals surface area contributed by atoms with E-state index in [9.17, 15) is 8.42 Å². The van der Waals surface area contributed by atoms with E-state index >= 15 is 0 Å². The highest BCUT2D eigenvalue weighted by Gasteiger charge is 2.35. The lowest BCUT2D eigenvalue weighted by molar-refractivity contribution is 0.472. The van der Waals surface area contributed by atoms with Crippen molar-refractivity contribution in [2.24, 2.45) is 0 Å². The number of halogens is 1. The Kier molecular flexibility index (Phi) is 2.19. The van der Waals surface area contributed by atoms with Gasteiger partial charge in [-0.3, -0.25) is 0 Å². The zero-order chi connectivity index (χ0) is 10.3. The molecule has 1 aliphatic heterocycles. The minimum Gasteiger partial charge on any atom is -0.504 e. The van der Waals surface area contributed by atoms with Crippen molar-refractivity contribution in [3.63, 3.8) is 0 Å². The summed E-state index contributed by atoms with van der Waals surface area (Å²) in [7, 11) is -3.14. The smallest absolute Gasteiger partial charge is 0.173 e. The Morgan fingerprint density at radius 2 is 2.36 bits per heavy atom. The van der Waals surface area contributed by atoms with E-state index in [1.807, 2.05) is 0 Å². The van der Waals surface area contributed by atoms with E-state index < -0.39 is 15.2 Å². The van der Waals surface area contributed by atoms with Crippen LogP contribution in [0.2, 0.25) is 5.15 Å². The molecule has 0 spiro atoms. The summed E-state index contributed by atoms with van der Waals surface area (Å²) in [6, 6.07) is 0. The van der Waals surface area contributed by atoms with Gasteiger partial charge in [-0.15, -0.1) is 0 Å². The molecule has 5 nitrogen and oxygen atoms in total. The Morgan fingerprint density at radius 1 is 1.64 bits per heavy atom. The maximum absolute atomic E-state index is 11.5. The molecule has 0 amide bonds. The summed E-state index contributed by atoms with van der Waals surface area (Å²) in [5.41, 5.74) is 0. The number of rotatable bonds is 1. The van der Waals surface area contributed by atoms with Gasteiger partial charge in [0.05, 0.1) is 11.9 Å². The maximum atomic E-state index is 11.5. The highest BCUT2D eigenvalue weighted by atomic mass is 35.5. The van der Waals surface area contributed by atoms with Gasteiger partial charge in [-0.1, -0.05) is 11.6 Å². The summed E-state index contributed by atoms with van der Waals surface area (Å²) >= 11 is 5.70. The average molecular weight is 237 g/mol. The van der Waals surface area contributed by atoms with E-state index in [1.54, 1.807) is 0 Å². The molecular weight excluding hydrogens is 228 g/mol. The molecule has 0 radical (unpaired) electrons. The van der Waals surface area contributed by atoms with Crippen molar-refractivity contribution in [1.82, 2.24) is 9.78 Å². The maximum Gasteiger partial charge on any atom is 0.173 e. The summed E-state index contributed by atoms with van der Waals surface area (Å²) in [6.45, 7) is 0. The Hall–Kier alpha value is -0.750. The number of sulfone groups is 1. The monoisotopic (exact) mass is 236 g/mol. The van der Waals surface area contributed by atoms with E-state index in [0.717, 1.165) is 6.20 Å². The first kappa shape index (κ1) is 9.79. The second-order valence-electron chi connectivity index (χ2n) is 3.23. The second kappa shape index (κ2) is 3.13. The Balaban J connectivity index is 2.46. The molecule has 1 aliphatic rings. The average Bonchev–Trinajstić information content (AvgIpc) is 2.59. The Morgan fingerprint density at radius 3 is 2.79 bits per heavy atom. The van der Waals surface area contributed by atoms with E-state index in [4.69, 9.17) is 16.7 Å². The van der Waals surface area contributed by atoms with Crippen molar-refractivity contribution in [3.05, 3.63) is 11.3 Å². The van der Waals surface area contributed by atoms with Gasteiger partial charge in [0, 0.05) is 0 Å². The van der Waals surface area contributed by atoms with Crippen molar-refractivity contribution in [2.45, 2.75) is 18.2 Å². The summed E-state index contributed by atoms with van der Waals surface area (Å²) in [6.07, 6.45) is 2.27. The van der Waals surface area contributed by atoms with Gasteiger partial charge >= 0.3 is 0 Å². The third-order valence-corrected chi connectivity index (χ3v) is 4.77. The quantitative estimate of drug-likeness (QED) is 0.788. The molecule has 0 aromatic carbocycles. The molecular formula is C7H9ClN2O3S. The largest absolute Gasteiger partial charge is 0.504 e. The highest BCUT2D eigenvalue weighted by Crippen LogP contribution is 2.34. The van der Waals surface area contributed by atoms with E-state index in [0.29, 0.717) is 12.8 Å². The fourth-order valence-corrected chi connectivity index (χ4v) is 3.69. The summed E-state index contributed by atoms with van der Waals surface area (Å²) in [5, 5.41) is 12.2. The summed E-state index contributed by atoms with van der Waals surface area (Å²) in [4.78, 5) is 0. The number of hydrogen-bond acceptors (Lipinski definition) is 4. The van der Waals surface area contributed by atoms with Crippen LogP contribution >= 0.6 is 11.6 Å². The first-order valence-corrected chi connectivity index (χ1v) is 6.25. The van der Waals surface area contributed by atoms with Crippen LogP contribution in [0.4, 0.5) is 0 Å². The SMILES string of the molecule is O=S1(=O)CCCC1n1ncc(O)c1Cl. The lowest BCUT2D eigenvalue weighted by Gasteiger charge is -2.10. The van der Waals surface area contributed by atoms with Crippen LogP contribution in [0.5, 0.6) is 5.75 Å². The molecule has 2 heterocycles.